The molecule has 20 heavy (non-hydrogen) atoms. The van der Waals surface area contributed by atoms with Crippen molar-refractivity contribution in [1.29, 1.82) is 0 Å². The largest absolute Gasteiger partial charge is 0.490 e. The molecule has 3 aromatic rings. The average molecular weight is 266 g/mol. The Labute approximate surface area is 117 Å². The van der Waals surface area contributed by atoms with Crippen LogP contribution in [0.15, 0.2) is 60.9 Å². The molecule has 0 saturated carbocycles. The lowest BCUT2D eigenvalue weighted by Crippen LogP contribution is -2.08. The van der Waals surface area contributed by atoms with E-state index in [0.29, 0.717) is 13.2 Å². The Hall–Kier alpha value is -2.62. The summed E-state index contributed by atoms with van der Waals surface area (Å²) >= 11 is 0. The Morgan fingerprint density at radius 2 is 1.40 bits per heavy atom. The van der Waals surface area contributed by atoms with Crippen LogP contribution in [0, 0.1) is 0 Å². The van der Waals surface area contributed by atoms with E-state index in [4.69, 9.17) is 9.47 Å². The maximum Gasteiger partial charge on any atom is 0.122 e. The van der Waals surface area contributed by atoms with Crippen LogP contribution in [0.25, 0.3) is 11.0 Å². The molecule has 0 atom stereocenters. The van der Waals surface area contributed by atoms with Gasteiger partial charge in [-0.1, -0.05) is 18.2 Å². The van der Waals surface area contributed by atoms with Gasteiger partial charge in [-0.25, -0.2) is 0 Å². The highest BCUT2D eigenvalue weighted by Gasteiger charge is 1.99. The molecule has 4 nitrogen and oxygen atoms in total. The number of hydrogen-bond donors (Lipinski definition) is 0. The van der Waals surface area contributed by atoms with Crippen LogP contribution in [0.2, 0.25) is 0 Å². The van der Waals surface area contributed by atoms with Crippen molar-refractivity contribution < 1.29 is 9.47 Å². The molecule has 0 N–H and O–H groups in total. The lowest BCUT2D eigenvalue weighted by atomic mass is 10.3. The second-order valence-electron chi connectivity index (χ2n) is 4.22. The van der Waals surface area contributed by atoms with Crippen LogP contribution in [0.1, 0.15) is 0 Å². The van der Waals surface area contributed by atoms with Gasteiger partial charge in [0.2, 0.25) is 0 Å². The van der Waals surface area contributed by atoms with E-state index in [1.807, 2.05) is 48.5 Å². The van der Waals surface area contributed by atoms with E-state index in [2.05, 4.69) is 9.97 Å². The molecule has 0 amide bonds. The molecule has 0 bridgehead atoms. The molecular weight excluding hydrogens is 252 g/mol. The molecule has 0 aliphatic carbocycles. The summed E-state index contributed by atoms with van der Waals surface area (Å²) in [4.78, 5) is 8.46. The van der Waals surface area contributed by atoms with Gasteiger partial charge < -0.3 is 9.47 Å². The van der Waals surface area contributed by atoms with Gasteiger partial charge in [-0.3, -0.25) is 9.97 Å². The zero-order chi connectivity index (χ0) is 13.6. The highest BCUT2D eigenvalue weighted by molar-refractivity contribution is 5.75. The molecular formula is C16H14N2O2. The van der Waals surface area contributed by atoms with Crippen molar-refractivity contribution in [3.05, 3.63) is 60.9 Å². The molecule has 2 aromatic carbocycles. The van der Waals surface area contributed by atoms with Crippen molar-refractivity contribution >= 4 is 11.0 Å². The SMILES string of the molecule is c1ccc(OCCOc2ccc3nccnc3c2)cc1. The summed E-state index contributed by atoms with van der Waals surface area (Å²) in [7, 11) is 0. The third kappa shape index (κ3) is 3.03. The van der Waals surface area contributed by atoms with Gasteiger partial charge in [-0.2, -0.15) is 0 Å². The summed E-state index contributed by atoms with van der Waals surface area (Å²) in [5, 5.41) is 0. The fourth-order valence-corrected chi connectivity index (χ4v) is 1.87. The third-order valence-electron chi connectivity index (χ3n) is 2.80. The Kier molecular flexibility index (Phi) is 3.73. The van der Waals surface area contributed by atoms with E-state index in [-0.39, 0.29) is 0 Å². The number of nitrogens with zero attached hydrogens (tertiary/aromatic N) is 2. The summed E-state index contributed by atoms with van der Waals surface area (Å²) < 4.78 is 11.2. The van der Waals surface area contributed by atoms with Gasteiger partial charge in [-0.15, -0.1) is 0 Å². The molecule has 1 aromatic heterocycles. The number of hydrogen-bond acceptors (Lipinski definition) is 4. The lowest BCUT2D eigenvalue weighted by Gasteiger charge is -2.08. The minimum Gasteiger partial charge on any atom is -0.490 e. The quantitative estimate of drug-likeness (QED) is 0.666. The molecule has 100 valence electrons. The van der Waals surface area contributed by atoms with E-state index in [1.54, 1.807) is 12.4 Å². The van der Waals surface area contributed by atoms with Crippen LogP contribution >= 0.6 is 0 Å². The molecule has 0 radical (unpaired) electrons. The Balaban J connectivity index is 1.55. The van der Waals surface area contributed by atoms with Crippen molar-refractivity contribution in [2.24, 2.45) is 0 Å². The monoisotopic (exact) mass is 266 g/mol. The Bertz CT molecular complexity index is 686. The topological polar surface area (TPSA) is 44.2 Å². The Morgan fingerprint density at radius 1 is 0.700 bits per heavy atom. The third-order valence-corrected chi connectivity index (χ3v) is 2.80. The van der Waals surface area contributed by atoms with Crippen molar-refractivity contribution in [2.75, 3.05) is 13.2 Å². The van der Waals surface area contributed by atoms with Crippen LogP contribution < -0.4 is 9.47 Å². The van der Waals surface area contributed by atoms with Crippen LogP contribution in [-0.2, 0) is 0 Å². The van der Waals surface area contributed by atoms with Gasteiger partial charge in [0.1, 0.15) is 24.7 Å². The second-order valence-corrected chi connectivity index (χ2v) is 4.22. The molecule has 0 aliphatic heterocycles. The first kappa shape index (κ1) is 12.4. The lowest BCUT2D eigenvalue weighted by molar-refractivity contribution is 0.217. The van der Waals surface area contributed by atoms with Gasteiger partial charge in [0.05, 0.1) is 11.0 Å². The zero-order valence-corrected chi connectivity index (χ0v) is 10.9. The van der Waals surface area contributed by atoms with E-state index >= 15 is 0 Å². The minimum absolute atomic E-state index is 0.487. The second kappa shape index (κ2) is 6.02. The van der Waals surface area contributed by atoms with E-state index in [9.17, 15) is 0 Å². The fourth-order valence-electron chi connectivity index (χ4n) is 1.87. The molecule has 1 heterocycles. The predicted molar refractivity (Wildman–Crippen MR) is 77.0 cm³/mol. The van der Waals surface area contributed by atoms with Gasteiger partial charge in [0.15, 0.2) is 0 Å². The molecule has 0 aliphatic rings. The summed E-state index contributed by atoms with van der Waals surface area (Å²) in [5.41, 5.74) is 1.69. The van der Waals surface area contributed by atoms with Crippen LogP contribution in [0.5, 0.6) is 11.5 Å². The first-order valence-corrected chi connectivity index (χ1v) is 6.43. The van der Waals surface area contributed by atoms with Crippen LogP contribution in [-0.4, -0.2) is 23.2 Å². The standard InChI is InChI=1S/C16H14N2O2/c1-2-4-13(5-3-1)19-10-11-20-14-6-7-15-16(12-14)18-9-8-17-15/h1-9,12H,10-11H2. The first-order chi connectivity index (χ1) is 9.92. The highest BCUT2D eigenvalue weighted by atomic mass is 16.5. The zero-order valence-electron chi connectivity index (χ0n) is 10.9. The fraction of sp³-hybridized carbons (Fsp3) is 0.125. The number of benzene rings is 2. The van der Waals surface area contributed by atoms with E-state index < -0.39 is 0 Å². The van der Waals surface area contributed by atoms with Gasteiger partial charge in [-0.05, 0) is 24.3 Å². The number of aromatic nitrogens is 2. The summed E-state index contributed by atoms with van der Waals surface area (Å²) in [6.07, 6.45) is 3.35. The van der Waals surface area contributed by atoms with Gasteiger partial charge in [0, 0.05) is 18.5 Å². The normalized spacial score (nSPS) is 10.4. The first-order valence-electron chi connectivity index (χ1n) is 6.43. The number of fused-ring (bicyclic) bond motifs is 1. The van der Waals surface area contributed by atoms with Gasteiger partial charge in [0.25, 0.3) is 0 Å². The van der Waals surface area contributed by atoms with Crippen molar-refractivity contribution in [3.63, 3.8) is 0 Å². The summed E-state index contributed by atoms with van der Waals surface area (Å²) in [6, 6.07) is 15.4. The number of ether oxygens (including phenoxy) is 2. The molecule has 0 saturated heterocycles. The van der Waals surface area contributed by atoms with Crippen LogP contribution in [0.4, 0.5) is 0 Å². The predicted octanol–water partition coefficient (Wildman–Crippen LogP) is 3.09. The molecule has 3 rings (SSSR count). The van der Waals surface area contributed by atoms with E-state index in [0.717, 1.165) is 22.5 Å². The molecule has 0 fully saturated rings. The highest BCUT2D eigenvalue weighted by Crippen LogP contribution is 2.17. The molecule has 4 heteroatoms. The van der Waals surface area contributed by atoms with E-state index in [1.165, 1.54) is 0 Å². The minimum atomic E-state index is 0.487. The average Bonchev–Trinajstić information content (AvgIpc) is 2.52. The van der Waals surface area contributed by atoms with Gasteiger partial charge >= 0.3 is 0 Å². The molecule has 0 spiro atoms. The van der Waals surface area contributed by atoms with Crippen molar-refractivity contribution in [2.45, 2.75) is 0 Å². The molecule has 0 unspecified atom stereocenters. The summed E-state index contributed by atoms with van der Waals surface area (Å²) in [6.45, 7) is 0.989. The smallest absolute Gasteiger partial charge is 0.122 e. The Morgan fingerprint density at radius 3 is 2.20 bits per heavy atom. The summed E-state index contributed by atoms with van der Waals surface area (Å²) in [5.74, 6) is 1.62. The van der Waals surface area contributed by atoms with Crippen molar-refractivity contribution in [1.82, 2.24) is 9.97 Å². The maximum atomic E-state index is 5.64. The van der Waals surface area contributed by atoms with Crippen LogP contribution in [0.3, 0.4) is 0 Å². The maximum absolute atomic E-state index is 5.64. The number of para-hydroxylation sites is 1. The van der Waals surface area contributed by atoms with Crippen molar-refractivity contribution in [3.8, 4) is 11.5 Å². The number of rotatable bonds is 5.